The number of carbonyl (C=O) groups is 1. The normalized spacial score (nSPS) is 15.7. The number of ether oxygens (including phenoxy) is 2. The Morgan fingerprint density at radius 1 is 1.09 bits per heavy atom. The SMILES string of the molecule is COc1ccc(-c2cc(C(=O)N3CCCCC3c3ncc(Cc4ccccc4OC)o3)on2)cc1. The van der Waals surface area contributed by atoms with E-state index < -0.39 is 0 Å². The number of piperidine rings is 1. The van der Waals surface area contributed by atoms with Gasteiger partial charge >= 0.3 is 0 Å². The van der Waals surface area contributed by atoms with Gasteiger partial charge in [-0.05, 0) is 49.6 Å². The maximum atomic E-state index is 13.4. The molecule has 3 heterocycles. The van der Waals surface area contributed by atoms with Crippen molar-refractivity contribution in [3.05, 3.63) is 83.8 Å². The van der Waals surface area contributed by atoms with E-state index in [0.29, 0.717) is 24.6 Å². The molecule has 0 bridgehead atoms. The average molecular weight is 474 g/mol. The summed E-state index contributed by atoms with van der Waals surface area (Å²) in [6.07, 6.45) is 4.97. The zero-order chi connectivity index (χ0) is 24.2. The minimum absolute atomic E-state index is 0.198. The van der Waals surface area contributed by atoms with Gasteiger partial charge in [0.25, 0.3) is 5.91 Å². The van der Waals surface area contributed by atoms with Gasteiger partial charge in [0.15, 0.2) is 0 Å². The van der Waals surface area contributed by atoms with Gasteiger partial charge in [-0.25, -0.2) is 4.98 Å². The van der Waals surface area contributed by atoms with E-state index in [9.17, 15) is 4.79 Å². The van der Waals surface area contributed by atoms with Gasteiger partial charge in [-0.3, -0.25) is 4.79 Å². The Bertz CT molecular complexity index is 1290. The van der Waals surface area contributed by atoms with Crippen LogP contribution in [0.1, 0.15) is 53.1 Å². The molecule has 1 saturated heterocycles. The van der Waals surface area contributed by atoms with Gasteiger partial charge in [-0.15, -0.1) is 0 Å². The zero-order valence-electron chi connectivity index (χ0n) is 19.8. The van der Waals surface area contributed by atoms with Crippen LogP contribution < -0.4 is 9.47 Å². The standard InChI is InChI=1S/C27H27N3O5/c1-32-20-12-10-18(11-13-20)22-16-25(35-29-22)27(31)30-14-6-5-8-23(30)26-28-17-21(34-26)15-19-7-3-4-9-24(19)33-2/h3-4,7,9-13,16-17,23H,5-6,8,14-15H2,1-2H3. The lowest BCUT2D eigenvalue weighted by Gasteiger charge is -2.32. The monoisotopic (exact) mass is 473 g/mol. The summed E-state index contributed by atoms with van der Waals surface area (Å²) < 4.78 is 22.2. The van der Waals surface area contributed by atoms with Gasteiger partial charge in [0, 0.05) is 30.2 Å². The molecule has 1 aliphatic heterocycles. The third-order valence-corrected chi connectivity index (χ3v) is 6.28. The maximum Gasteiger partial charge on any atom is 0.293 e. The van der Waals surface area contributed by atoms with E-state index in [4.69, 9.17) is 18.4 Å². The molecule has 5 rings (SSSR count). The first kappa shape index (κ1) is 22.7. The van der Waals surface area contributed by atoms with E-state index in [2.05, 4.69) is 10.1 Å². The molecule has 4 aromatic rings. The highest BCUT2D eigenvalue weighted by Gasteiger charge is 2.34. The van der Waals surface area contributed by atoms with E-state index in [-0.39, 0.29) is 17.7 Å². The summed E-state index contributed by atoms with van der Waals surface area (Å²) in [6.45, 7) is 0.603. The number of rotatable bonds is 7. The van der Waals surface area contributed by atoms with Crippen LogP contribution in [0, 0.1) is 0 Å². The lowest BCUT2D eigenvalue weighted by atomic mass is 10.0. The van der Waals surface area contributed by atoms with Crippen LogP contribution in [-0.2, 0) is 6.42 Å². The van der Waals surface area contributed by atoms with Gasteiger partial charge in [0.2, 0.25) is 11.7 Å². The fourth-order valence-corrected chi connectivity index (χ4v) is 4.44. The van der Waals surface area contributed by atoms with E-state index in [1.807, 2.05) is 48.5 Å². The van der Waals surface area contributed by atoms with Crippen molar-refractivity contribution in [3.8, 4) is 22.8 Å². The summed E-state index contributed by atoms with van der Waals surface area (Å²) in [7, 11) is 3.27. The van der Waals surface area contributed by atoms with Gasteiger partial charge in [-0.2, -0.15) is 0 Å². The number of oxazole rings is 1. The van der Waals surface area contributed by atoms with Crippen molar-refractivity contribution < 1.29 is 23.2 Å². The Labute approximate surface area is 203 Å². The largest absolute Gasteiger partial charge is 0.497 e. The molecule has 35 heavy (non-hydrogen) atoms. The van der Waals surface area contributed by atoms with E-state index in [1.165, 1.54) is 0 Å². The first-order valence-electron chi connectivity index (χ1n) is 11.6. The maximum absolute atomic E-state index is 13.4. The topological polar surface area (TPSA) is 90.8 Å². The second-order valence-electron chi connectivity index (χ2n) is 8.47. The first-order chi connectivity index (χ1) is 17.2. The van der Waals surface area contributed by atoms with Crippen molar-refractivity contribution in [1.82, 2.24) is 15.0 Å². The van der Waals surface area contributed by atoms with Crippen molar-refractivity contribution in [2.75, 3.05) is 20.8 Å². The highest BCUT2D eigenvalue weighted by Crippen LogP contribution is 2.33. The molecule has 0 aliphatic carbocycles. The third-order valence-electron chi connectivity index (χ3n) is 6.28. The van der Waals surface area contributed by atoms with Crippen molar-refractivity contribution in [2.45, 2.75) is 31.7 Å². The van der Waals surface area contributed by atoms with E-state index >= 15 is 0 Å². The van der Waals surface area contributed by atoms with E-state index in [0.717, 1.165) is 47.6 Å². The molecular weight excluding hydrogens is 446 g/mol. The highest BCUT2D eigenvalue weighted by molar-refractivity contribution is 5.92. The molecule has 0 radical (unpaired) electrons. The molecule has 0 N–H and O–H groups in total. The third kappa shape index (κ3) is 4.77. The molecule has 2 aromatic carbocycles. The smallest absolute Gasteiger partial charge is 0.293 e. The fraction of sp³-hybridized carbons (Fsp3) is 0.296. The molecular formula is C27H27N3O5. The summed E-state index contributed by atoms with van der Waals surface area (Å²) in [5.41, 5.74) is 2.46. The predicted molar refractivity (Wildman–Crippen MR) is 128 cm³/mol. The second kappa shape index (κ2) is 10.0. The number of nitrogens with zero attached hydrogens (tertiary/aromatic N) is 3. The molecule has 0 saturated carbocycles. The lowest BCUT2D eigenvalue weighted by molar-refractivity contribution is 0.0528. The molecule has 0 spiro atoms. The molecule has 8 heteroatoms. The number of para-hydroxylation sites is 1. The summed E-state index contributed by atoms with van der Waals surface area (Å²) in [5, 5.41) is 4.11. The van der Waals surface area contributed by atoms with Crippen LogP contribution >= 0.6 is 0 Å². The van der Waals surface area contributed by atoms with Crippen LogP contribution in [0.2, 0.25) is 0 Å². The Hall–Kier alpha value is -4.07. The summed E-state index contributed by atoms with van der Waals surface area (Å²) in [6, 6.07) is 16.7. The number of methoxy groups -OCH3 is 2. The van der Waals surface area contributed by atoms with Gasteiger partial charge in [0.05, 0.1) is 20.4 Å². The number of aromatic nitrogens is 2. The van der Waals surface area contributed by atoms with Crippen molar-refractivity contribution >= 4 is 5.91 Å². The number of carbonyl (C=O) groups excluding carboxylic acids is 1. The molecule has 180 valence electrons. The Morgan fingerprint density at radius 3 is 2.71 bits per heavy atom. The quantitative estimate of drug-likeness (QED) is 0.359. The van der Waals surface area contributed by atoms with Gasteiger partial charge in [-0.1, -0.05) is 23.4 Å². The van der Waals surface area contributed by atoms with Crippen LogP contribution in [0.4, 0.5) is 0 Å². The summed E-state index contributed by atoms with van der Waals surface area (Å²) in [5.74, 6) is 2.80. The Balaban J connectivity index is 1.34. The Morgan fingerprint density at radius 2 is 1.91 bits per heavy atom. The second-order valence-corrected chi connectivity index (χ2v) is 8.47. The molecule has 2 aromatic heterocycles. The minimum Gasteiger partial charge on any atom is -0.497 e. The van der Waals surface area contributed by atoms with Crippen molar-refractivity contribution in [2.24, 2.45) is 0 Å². The van der Waals surface area contributed by atoms with Crippen molar-refractivity contribution in [3.63, 3.8) is 0 Å². The predicted octanol–water partition coefficient (Wildman–Crippen LogP) is 5.31. The number of hydrogen-bond acceptors (Lipinski definition) is 7. The van der Waals surface area contributed by atoms with Gasteiger partial charge in [0.1, 0.15) is 29.0 Å². The summed E-state index contributed by atoms with van der Waals surface area (Å²) in [4.78, 5) is 19.7. The molecule has 1 unspecified atom stereocenters. The summed E-state index contributed by atoms with van der Waals surface area (Å²) >= 11 is 0. The molecule has 1 aliphatic rings. The molecule has 8 nitrogen and oxygen atoms in total. The Kier molecular flexibility index (Phi) is 6.52. The minimum atomic E-state index is -0.253. The number of amides is 1. The number of hydrogen-bond donors (Lipinski definition) is 0. The van der Waals surface area contributed by atoms with Crippen LogP contribution in [0.15, 0.2) is 69.7 Å². The molecule has 1 atom stereocenters. The highest BCUT2D eigenvalue weighted by atomic mass is 16.5. The zero-order valence-corrected chi connectivity index (χ0v) is 19.8. The molecule has 1 amide bonds. The number of benzene rings is 2. The number of likely N-dealkylation sites (tertiary alicyclic amines) is 1. The lowest BCUT2D eigenvalue weighted by Crippen LogP contribution is -2.38. The van der Waals surface area contributed by atoms with Crippen LogP contribution in [0.3, 0.4) is 0 Å². The van der Waals surface area contributed by atoms with Crippen LogP contribution in [0.5, 0.6) is 11.5 Å². The average Bonchev–Trinajstić information content (AvgIpc) is 3.59. The first-order valence-corrected chi connectivity index (χ1v) is 11.6. The van der Waals surface area contributed by atoms with Crippen LogP contribution in [-0.4, -0.2) is 41.7 Å². The van der Waals surface area contributed by atoms with E-state index in [1.54, 1.807) is 31.4 Å². The van der Waals surface area contributed by atoms with Gasteiger partial charge < -0.3 is 23.3 Å². The van der Waals surface area contributed by atoms with Crippen molar-refractivity contribution in [1.29, 1.82) is 0 Å². The van der Waals surface area contributed by atoms with Crippen LogP contribution in [0.25, 0.3) is 11.3 Å². The molecule has 1 fully saturated rings. The fourth-order valence-electron chi connectivity index (χ4n) is 4.44.